The van der Waals surface area contributed by atoms with Gasteiger partial charge in [0.25, 0.3) is 0 Å². The molecule has 0 aromatic rings. The van der Waals surface area contributed by atoms with E-state index in [1.54, 1.807) is 13.8 Å². The van der Waals surface area contributed by atoms with Crippen LogP contribution in [0.15, 0.2) is 5.16 Å². The number of nitrogens with zero attached hydrogens (tertiary/aromatic N) is 2. The molecule has 0 radical (unpaired) electrons. The molecule has 0 heterocycles. The number of sulfonamides is 1. The summed E-state index contributed by atoms with van der Waals surface area (Å²) in [6.07, 6.45) is 1.49. The summed E-state index contributed by atoms with van der Waals surface area (Å²) < 4.78 is 25.3. The molecule has 0 aromatic heterocycles. The molecule has 7 heteroatoms. The van der Waals surface area contributed by atoms with Crippen molar-refractivity contribution in [1.29, 1.82) is 0 Å². The van der Waals surface area contributed by atoms with Crippen LogP contribution in [0.5, 0.6) is 0 Å². The summed E-state index contributed by atoms with van der Waals surface area (Å²) in [7, 11) is -3.17. The molecule has 16 heavy (non-hydrogen) atoms. The van der Waals surface area contributed by atoms with Crippen molar-refractivity contribution < 1.29 is 13.6 Å². The Morgan fingerprint density at radius 1 is 1.62 bits per heavy atom. The molecule has 0 spiro atoms. The van der Waals surface area contributed by atoms with E-state index >= 15 is 0 Å². The van der Waals surface area contributed by atoms with Crippen LogP contribution in [0, 0.1) is 5.92 Å². The molecule has 0 bridgehead atoms. The molecular formula is C9H19N3O3S. The second-order valence-corrected chi connectivity index (χ2v) is 6.33. The van der Waals surface area contributed by atoms with Crippen LogP contribution in [-0.4, -0.2) is 42.1 Å². The zero-order valence-corrected chi connectivity index (χ0v) is 10.4. The summed E-state index contributed by atoms with van der Waals surface area (Å²) in [6.45, 7) is 4.21. The van der Waals surface area contributed by atoms with Crippen LogP contribution < -0.4 is 5.73 Å². The van der Waals surface area contributed by atoms with E-state index in [1.165, 1.54) is 4.31 Å². The third-order valence-electron chi connectivity index (χ3n) is 2.76. The standard InChI is InChI=1S/C9H19N3O3S/c1-3-12(6-7(2)9(10)11-13)16(14,15)8-4-5-8/h7-8,13H,3-6H2,1-2H3,(H2,10,11). The van der Waals surface area contributed by atoms with Gasteiger partial charge in [0.1, 0.15) is 5.84 Å². The van der Waals surface area contributed by atoms with E-state index in [4.69, 9.17) is 10.9 Å². The molecule has 1 aliphatic carbocycles. The number of oxime groups is 1. The smallest absolute Gasteiger partial charge is 0.216 e. The summed E-state index contributed by atoms with van der Waals surface area (Å²) in [6, 6.07) is 0. The van der Waals surface area contributed by atoms with Crippen molar-refractivity contribution in [3.05, 3.63) is 0 Å². The van der Waals surface area contributed by atoms with Gasteiger partial charge in [-0.3, -0.25) is 0 Å². The van der Waals surface area contributed by atoms with Gasteiger partial charge in [-0.2, -0.15) is 0 Å². The van der Waals surface area contributed by atoms with Crippen molar-refractivity contribution in [1.82, 2.24) is 4.31 Å². The third kappa shape index (κ3) is 2.85. The Morgan fingerprint density at radius 3 is 2.56 bits per heavy atom. The number of rotatable bonds is 6. The molecule has 1 fully saturated rings. The molecule has 0 aliphatic heterocycles. The topological polar surface area (TPSA) is 96.0 Å². The Hall–Kier alpha value is -0.820. The van der Waals surface area contributed by atoms with Crippen LogP contribution in [0.3, 0.4) is 0 Å². The average molecular weight is 249 g/mol. The Bertz CT molecular complexity index is 362. The predicted octanol–water partition coefficient (Wildman–Crippen LogP) is 0.183. The molecule has 94 valence electrons. The van der Waals surface area contributed by atoms with Gasteiger partial charge in [-0.05, 0) is 12.8 Å². The third-order valence-corrected chi connectivity index (χ3v) is 5.20. The molecule has 6 nitrogen and oxygen atoms in total. The van der Waals surface area contributed by atoms with Crippen LogP contribution in [-0.2, 0) is 10.0 Å². The molecule has 1 saturated carbocycles. The van der Waals surface area contributed by atoms with E-state index in [9.17, 15) is 8.42 Å². The van der Waals surface area contributed by atoms with Gasteiger partial charge < -0.3 is 10.9 Å². The van der Waals surface area contributed by atoms with Gasteiger partial charge >= 0.3 is 0 Å². The average Bonchev–Trinajstić information content (AvgIpc) is 3.07. The maximum absolute atomic E-state index is 12.0. The number of hydrogen-bond donors (Lipinski definition) is 2. The molecule has 0 saturated heterocycles. The van der Waals surface area contributed by atoms with E-state index < -0.39 is 10.0 Å². The normalized spacial score (nSPS) is 20.1. The first-order valence-electron chi connectivity index (χ1n) is 5.39. The second-order valence-electron chi connectivity index (χ2n) is 4.12. The van der Waals surface area contributed by atoms with Gasteiger partial charge in [0.2, 0.25) is 10.0 Å². The first kappa shape index (κ1) is 13.2. The first-order valence-corrected chi connectivity index (χ1v) is 6.90. The summed E-state index contributed by atoms with van der Waals surface area (Å²) in [5.74, 6) is -0.220. The molecule has 1 aliphatic rings. The highest BCUT2D eigenvalue weighted by molar-refractivity contribution is 7.90. The first-order chi connectivity index (χ1) is 7.43. The van der Waals surface area contributed by atoms with E-state index in [1.807, 2.05) is 0 Å². The number of nitrogens with two attached hydrogens (primary N) is 1. The van der Waals surface area contributed by atoms with Gasteiger partial charge in [-0.15, -0.1) is 0 Å². The summed E-state index contributed by atoms with van der Waals surface area (Å²) >= 11 is 0. The Kier molecular flexibility index (Phi) is 4.15. The van der Waals surface area contributed by atoms with E-state index in [0.29, 0.717) is 6.54 Å². The van der Waals surface area contributed by atoms with Crippen molar-refractivity contribution in [3.63, 3.8) is 0 Å². The van der Waals surface area contributed by atoms with Crippen molar-refractivity contribution in [3.8, 4) is 0 Å². The highest BCUT2D eigenvalue weighted by Crippen LogP contribution is 2.31. The monoisotopic (exact) mass is 249 g/mol. The Balaban J connectivity index is 2.69. The maximum Gasteiger partial charge on any atom is 0.216 e. The Labute approximate surface area is 96.2 Å². The highest BCUT2D eigenvalue weighted by atomic mass is 32.2. The van der Waals surface area contributed by atoms with Crippen LogP contribution >= 0.6 is 0 Å². The lowest BCUT2D eigenvalue weighted by molar-refractivity contribution is 0.311. The minimum absolute atomic E-state index is 0.0597. The van der Waals surface area contributed by atoms with Crippen LogP contribution in [0.1, 0.15) is 26.7 Å². The second kappa shape index (κ2) is 5.01. The zero-order chi connectivity index (χ0) is 12.3. The molecule has 1 unspecified atom stereocenters. The molecule has 1 atom stereocenters. The lowest BCUT2D eigenvalue weighted by atomic mass is 10.1. The predicted molar refractivity (Wildman–Crippen MR) is 61.8 cm³/mol. The summed E-state index contributed by atoms with van der Waals surface area (Å²) in [5.41, 5.74) is 5.43. The largest absolute Gasteiger partial charge is 0.409 e. The zero-order valence-electron chi connectivity index (χ0n) is 9.63. The van der Waals surface area contributed by atoms with Crippen molar-refractivity contribution >= 4 is 15.9 Å². The molecule has 3 N–H and O–H groups in total. The molecule has 0 aromatic carbocycles. The fourth-order valence-corrected chi connectivity index (χ4v) is 3.43. The number of amidine groups is 1. The lowest BCUT2D eigenvalue weighted by Gasteiger charge is -2.23. The summed E-state index contributed by atoms with van der Waals surface area (Å²) in [4.78, 5) is 0. The lowest BCUT2D eigenvalue weighted by Crippen LogP contribution is -2.40. The van der Waals surface area contributed by atoms with Crippen LogP contribution in [0.4, 0.5) is 0 Å². The van der Waals surface area contributed by atoms with Crippen LogP contribution in [0.2, 0.25) is 0 Å². The van der Waals surface area contributed by atoms with Gasteiger partial charge in [0.05, 0.1) is 5.25 Å². The minimum atomic E-state index is -3.17. The van der Waals surface area contributed by atoms with Crippen molar-refractivity contribution in [2.75, 3.05) is 13.1 Å². The van der Waals surface area contributed by atoms with E-state index in [0.717, 1.165) is 12.8 Å². The fraction of sp³-hybridized carbons (Fsp3) is 0.889. The van der Waals surface area contributed by atoms with E-state index in [-0.39, 0.29) is 23.5 Å². The van der Waals surface area contributed by atoms with Gasteiger partial charge in [-0.25, -0.2) is 12.7 Å². The van der Waals surface area contributed by atoms with Crippen molar-refractivity contribution in [2.24, 2.45) is 16.8 Å². The molecule has 0 amide bonds. The Morgan fingerprint density at radius 2 is 2.19 bits per heavy atom. The van der Waals surface area contributed by atoms with E-state index in [2.05, 4.69) is 5.16 Å². The molecule has 1 rings (SSSR count). The highest BCUT2D eigenvalue weighted by Gasteiger charge is 2.39. The number of hydrogen-bond acceptors (Lipinski definition) is 4. The van der Waals surface area contributed by atoms with Crippen molar-refractivity contribution in [2.45, 2.75) is 31.9 Å². The van der Waals surface area contributed by atoms with Gasteiger partial charge in [-0.1, -0.05) is 19.0 Å². The van der Waals surface area contributed by atoms with Gasteiger partial charge in [0, 0.05) is 19.0 Å². The summed E-state index contributed by atoms with van der Waals surface area (Å²) in [5, 5.41) is 11.2. The molecular weight excluding hydrogens is 230 g/mol. The van der Waals surface area contributed by atoms with Gasteiger partial charge in [0.15, 0.2) is 0 Å². The quantitative estimate of drug-likeness (QED) is 0.304. The van der Waals surface area contributed by atoms with Crippen LogP contribution in [0.25, 0.3) is 0 Å². The minimum Gasteiger partial charge on any atom is -0.409 e. The fourth-order valence-electron chi connectivity index (χ4n) is 1.49. The maximum atomic E-state index is 12.0. The SMILES string of the molecule is CCN(CC(C)C(N)=NO)S(=O)(=O)C1CC1.